The molecule has 2 aliphatic rings. The number of nitrogens with two attached hydrogens (primary N) is 1. The maximum atomic E-state index is 10.9. The van der Waals surface area contributed by atoms with Crippen molar-refractivity contribution in [3.8, 4) is 0 Å². The summed E-state index contributed by atoms with van der Waals surface area (Å²) in [6.07, 6.45) is 4.81. The standard InChI is InChI=1S/C12H18N4O3/c1-18-9-4-7-2-3-8(5-9)16(7)6-10-14-12(11(13)17)15-19-10/h7-9H,2-6H2,1H3,(H2,13,17)/t7-,8+,9?. The summed E-state index contributed by atoms with van der Waals surface area (Å²) < 4.78 is 10.5. The predicted octanol–water partition coefficient (Wildman–Crippen LogP) is 0.310. The van der Waals surface area contributed by atoms with Crippen molar-refractivity contribution in [2.24, 2.45) is 5.73 Å². The van der Waals surface area contributed by atoms with E-state index in [2.05, 4.69) is 15.0 Å². The molecule has 1 amide bonds. The van der Waals surface area contributed by atoms with Gasteiger partial charge in [-0.25, -0.2) is 0 Å². The Morgan fingerprint density at radius 2 is 2.16 bits per heavy atom. The number of ether oxygens (including phenoxy) is 1. The lowest BCUT2D eigenvalue weighted by Crippen LogP contribution is -2.44. The normalized spacial score (nSPS) is 30.7. The van der Waals surface area contributed by atoms with E-state index in [1.807, 2.05) is 0 Å². The summed E-state index contributed by atoms with van der Waals surface area (Å²) in [6, 6.07) is 1.01. The van der Waals surface area contributed by atoms with Gasteiger partial charge >= 0.3 is 0 Å². The fourth-order valence-electron chi connectivity index (χ4n) is 3.25. The van der Waals surface area contributed by atoms with Gasteiger partial charge in [-0.05, 0) is 25.7 Å². The largest absolute Gasteiger partial charge is 0.381 e. The number of amides is 1. The number of fused-ring (bicyclic) bond motifs is 2. The number of primary amides is 1. The van der Waals surface area contributed by atoms with Crippen LogP contribution in [0.5, 0.6) is 0 Å². The van der Waals surface area contributed by atoms with Gasteiger partial charge in [0, 0.05) is 19.2 Å². The molecule has 104 valence electrons. The predicted molar refractivity (Wildman–Crippen MR) is 65.2 cm³/mol. The fourth-order valence-corrected chi connectivity index (χ4v) is 3.25. The van der Waals surface area contributed by atoms with Gasteiger partial charge in [-0.3, -0.25) is 9.69 Å². The third-order valence-corrected chi connectivity index (χ3v) is 4.18. The van der Waals surface area contributed by atoms with Gasteiger partial charge in [0.05, 0.1) is 12.6 Å². The number of hydrogen-bond donors (Lipinski definition) is 1. The molecule has 1 aromatic rings. The summed E-state index contributed by atoms with van der Waals surface area (Å²) in [4.78, 5) is 17.3. The number of piperidine rings is 1. The number of hydrogen-bond acceptors (Lipinski definition) is 6. The SMILES string of the molecule is COC1C[C@H]2CC[C@@H](C1)N2Cc1nc(C(N)=O)no1. The van der Waals surface area contributed by atoms with E-state index < -0.39 is 5.91 Å². The van der Waals surface area contributed by atoms with Gasteiger partial charge in [0.15, 0.2) is 0 Å². The highest BCUT2D eigenvalue weighted by Gasteiger charge is 2.41. The van der Waals surface area contributed by atoms with Crippen LogP contribution in [0, 0.1) is 0 Å². The van der Waals surface area contributed by atoms with E-state index in [-0.39, 0.29) is 5.82 Å². The van der Waals surface area contributed by atoms with Crippen LogP contribution in [0.15, 0.2) is 4.52 Å². The van der Waals surface area contributed by atoms with Crippen LogP contribution >= 0.6 is 0 Å². The van der Waals surface area contributed by atoms with Crippen LogP contribution in [0.3, 0.4) is 0 Å². The van der Waals surface area contributed by atoms with E-state index in [9.17, 15) is 4.79 Å². The highest BCUT2D eigenvalue weighted by Crippen LogP contribution is 2.37. The van der Waals surface area contributed by atoms with Crippen LogP contribution in [0.1, 0.15) is 42.2 Å². The molecule has 0 aromatic carbocycles. The lowest BCUT2D eigenvalue weighted by Gasteiger charge is -2.37. The molecule has 3 atom stereocenters. The number of nitrogens with zero attached hydrogens (tertiary/aromatic N) is 3. The summed E-state index contributed by atoms with van der Waals surface area (Å²) in [5, 5.41) is 3.57. The second-order valence-electron chi connectivity index (χ2n) is 5.26. The molecule has 2 saturated heterocycles. The Bertz CT molecular complexity index is 461. The Balaban J connectivity index is 1.68. The van der Waals surface area contributed by atoms with Gasteiger partial charge in [0.2, 0.25) is 5.89 Å². The van der Waals surface area contributed by atoms with Crippen LogP contribution in [0.25, 0.3) is 0 Å². The molecular formula is C12H18N4O3. The first-order valence-electron chi connectivity index (χ1n) is 6.58. The van der Waals surface area contributed by atoms with Crippen molar-refractivity contribution >= 4 is 5.91 Å². The van der Waals surface area contributed by atoms with Gasteiger partial charge in [0.25, 0.3) is 11.7 Å². The molecule has 0 spiro atoms. The van der Waals surface area contributed by atoms with E-state index >= 15 is 0 Å². The minimum Gasteiger partial charge on any atom is -0.381 e. The molecule has 0 saturated carbocycles. The van der Waals surface area contributed by atoms with Crippen molar-refractivity contribution in [2.45, 2.75) is 50.4 Å². The number of aromatic nitrogens is 2. The average molecular weight is 266 g/mol. The van der Waals surface area contributed by atoms with E-state index in [4.69, 9.17) is 15.0 Å². The van der Waals surface area contributed by atoms with Gasteiger partial charge < -0.3 is 15.0 Å². The highest BCUT2D eigenvalue weighted by atomic mass is 16.5. The Kier molecular flexibility index (Phi) is 3.24. The van der Waals surface area contributed by atoms with Gasteiger partial charge in [-0.2, -0.15) is 4.98 Å². The topological polar surface area (TPSA) is 94.5 Å². The molecule has 2 fully saturated rings. The van der Waals surface area contributed by atoms with Gasteiger partial charge in [-0.1, -0.05) is 5.16 Å². The van der Waals surface area contributed by atoms with Crippen LogP contribution in [-0.4, -0.2) is 46.2 Å². The zero-order valence-electron chi connectivity index (χ0n) is 10.9. The van der Waals surface area contributed by atoms with Crippen LogP contribution in [0.4, 0.5) is 0 Å². The summed E-state index contributed by atoms with van der Waals surface area (Å²) in [5.41, 5.74) is 5.11. The molecule has 3 heterocycles. The summed E-state index contributed by atoms with van der Waals surface area (Å²) in [7, 11) is 1.77. The first-order chi connectivity index (χ1) is 9.17. The lowest BCUT2D eigenvalue weighted by molar-refractivity contribution is -0.00108. The summed E-state index contributed by atoms with van der Waals surface area (Å²) in [5.74, 6) is -0.244. The van der Waals surface area contributed by atoms with Crippen molar-refractivity contribution in [2.75, 3.05) is 7.11 Å². The molecule has 3 rings (SSSR count). The number of carbonyl (C=O) groups is 1. The summed E-state index contributed by atoms with van der Waals surface area (Å²) in [6.45, 7) is 0.589. The minimum atomic E-state index is -0.656. The third kappa shape index (κ3) is 2.35. The molecule has 7 nitrogen and oxygen atoms in total. The molecule has 19 heavy (non-hydrogen) atoms. The molecule has 0 aliphatic carbocycles. The second kappa shape index (κ2) is 4.90. The zero-order valence-corrected chi connectivity index (χ0v) is 10.9. The fraction of sp³-hybridized carbons (Fsp3) is 0.750. The first kappa shape index (κ1) is 12.6. The molecule has 0 radical (unpaired) electrons. The van der Waals surface area contributed by atoms with E-state index in [0.29, 0.717) is 30.6 Å². The van der Waals surface area contributed by atoms with E-state index in [0.717, 1.165) is 12.8 Å². The van der Waals surface area contributed by atoms with Crippen molar-refractivity contribution in [1.29, 1.82) is 0 Å². The van der Waals surface area contributed by atoms with Crippen LogP contribution < -0.4 is 5.73 Å². The Labute approximate surface area is 111 Å². The maximum Gasteiger partial charge on any atom is 0.290 e. The Morgan fingerprint density at radius 3 is 2.68 bits per heavy atom. The smallest absolute Gasteiger partial charge is 0.290 e. The lowest BCUT2D eigenvalue weighted by atomic mass is 10.00. The van der Waals surface area contributed by atoms with Crippen molar-refractivity contribution in [3.05, 3.63) is 11.7 Å². The van der Waals surface area contributed by atoms with Crippen molar-refractivity contribution in [1.82, 2.24) is 15.0 Å². The summed E-state index contributed by atoms with van der Waals surface area (Å²) >= 11 is 0. The molecular weight excluding hydrogens is 248 g/mol. The molecule has 2 N–H and O–H groups in total. The van der Waals surface area contributed by atoms with Crippen LogP contribution in [0.2, 0.25) is 0 Å². The highest BCUT2D eigenvalue weighted by molar-refractivity contribution is 5.88. The van der Waals surface area contributed by atoms with Crippen molar-refractivity contribution in [3.63, 3.8) is 0 Å². The average Bonchev–Trinajstić information content (AvgIpc) is 2.93. The minimum absolute atomic E-state index is 0.0471. The zero-order chi connectivity index (χ0) is 13.4. The third-order valence-electron chi connectivity index (χ3n) is 4.18. The maximum absolute atomic E-state index is 10.9. The number of methoxy groups -OCH3 is 1. The van der Waals surface area contributed by atoms with Crippen molar-refractivity contribution < 1.29 is 14.1 Å². The Morgan fingerprint density at radius 1 is 1.47 bits per heavy atom. The second-order valence-corrected chi connectivity index (χ2v) is 5.26. The van der Waals surface area contributed by atoms with Gasteiger partial charge in [-0.15, -0.1) is 0 Å². The van der Waals surface area contributed by atoms with Crippen LogP contribution in [-0.2, 0) is 11.3 Å². The molecule has 2 aliphatic heterocycles. The van der Waals surface area contributed by atoms with E-state index in [1.165, 1.54) is 12.8 Å². The molecule has 7 heteroatoms. The van der Waals surface area contributed by atoms with Gasteiger partial charge in [0.1, 0.15) is 0 Å². The Hall–Kier alpha value is -1.47. The monoisotopic (exact) mass is 266 g/mol. The number of carbonyl (C=O) groups excluding carboxylic acids is 1. The first-order valence-corrected chi connectivity index (χ1v) is 6.58. The molecule has 1 aromatic heterocycles. The quantitative estimate of drug-likeness (QED) is 0.842. The molecule has 2 bridgehead atoms. The van der Waals surface area contributed by atoms with E-state index in [1.54, 1.807) is 7.11 Å². The number of rotatable bonds is 4. The molecule has 1 unspecified atom stereocenters.